The molecule has 2 rings (SSSR count). The number of carbonyl (C=O) groups excluding carboxylic acids is 1. The maximum Gasteiger partial charge on any atom is 0.259 e. The van der Waals surface area contributed by atoms with Crippen molar-refractivity contribution in [2.45, 2.75) is 0 Å². The van der Waals surface area contributed by atoms with Gasteiger partial charge in [0.05, 0.1) is 18.4 Å². The molecule has 0 saturated heterocycles. The second kappa shape index (κ2) is 8.36. The minimum Gasteiger partial charge on any atom is -0.504 e. The van der Waals surface area contributed by atoms with Crippen LogP contribution in [0.25, 0.3) is 0 Å². The molecule has 0 heterocycles. The van der Waals surface area contributed by atoms with Gasteiger partial charge in [0.1, 0.15) is 0 Å². The summed E-state index contributed by atoms with van der Waals surface area (Å²) in [7, 11) is 0. The zero-order valence-corrected chi connectivity index (χ0v) is 16.0. The van der Waals surface area contributed by atoms with Crippen molar-refractivity contribution >= 4 is 61.3 Å². The van der Waals surface area contributed by atoms with Crippen LogP contribution in [-0.2, 0) is 4.79 Å². The minimum absolute atomic E-state index is 0.00298. The lowest BCUT2D eigenvalue weighted by Crippen LogP contribution is -2.26. The molecule has 24 heavy (non-hydrogen) atoms. The number of rotatable bonds is 5. The molecule has 126 valence electrons. The first kappa shape index (κ1) is 18.6. The van der Waals surface area contributed by atoms with E-state index in [9.17, 15) is 15.0 Å². The summed E-state index contributed by atoms with van der Waals surface area (Å²) >= 11 is 12.6. The monoisotopic (exact) mass is 475 g/mol. The normalized spacial score (nSPS) is 10.8. The minimum atomic E-state index is -0.358. The van der Waals surface area contributed by atoms with Crippen LogP contribution >= 0.6 is 43.5 Å². The fourth-order valence-corrected chi connectivity index (χ4v) is 3.67. The Morgan fingerprint density at radius 1 is 1.17 bits per heavy atom. The van der Waals surface area contributed by atoms with Crippen molar-refractivity contribution in [1.82, 2.24) is 5.43 Å². The number of carbonyl (C=O) groups is 1. The summed E-state index contributed by atoms with van der Waals surface area (Å²) in [6.45, 7) is -0.00298. The van der Waals surface area contributed by atoms with Crippen LogP contribution in [0.15, 0.2) is 44.4 Å². The highest BCUT2D eigenvalue weighted by atomic mass is 79.9. The topological polar surface area (TPSA) is 94.0 Å². The summed E-state index contributed by atoms with van der Waals surface area (Å²) in [5.41, 5.74) is 3.58. The molecule has 6 nitrogen and oxygen atoms in total. The van der Waals surface area contributed by atoms with Crippen molar-refractivity contribution in [2.24, 2.45) is 5.10 Å². The van der Waals surface area contributed by atoms with Gasteiger partial charge < -0.3 is 15.5 Å². The quantitative estimate of drug-likeness (QED) is 0.299. The molecular formula is C15H12Br2ClN3O3. The smallest absolute Gasteiger partial charge is 0.259 e. The Hall–Kier alpha value is -1.77. The average Bonchev–Trinajstić information content (AvgIpc) is 2.49. The molecule has 0 radical (unpaired) electrons. The van der Waals surface area contributed by atoms with Gasteiger partial charge in [-0.3, -0.25) is 4.79 Å². The number of hydrogen-bond acceptors (Lipinski definition) is 5. The number of phenolic OH excluding ortho intramolecular Hbond substituents is 2. The third kappa shape index (κ3) is 5.12. The highest BCUT2D eigenvalue weighted by Gasteiger charge is 2.08. The Morgan fingerprint density at radius 3 is 2.46 bits per heavy atom. The predicted octanol–water partition coefficient (Wildman–Crippen LogP) is 3.84. The van der Waals surface area contributed by atoms with Gasteiger partial charge in [0, 0.05) is 14.0 Å². The van der Waals surface area contributed by atoms with Crippen molar-refractivity contribution in [1.29, 1.82) is 0 Å². The summed E-state index contributed by atoms with van der Waals surface area (Å²) in [5, 5.41) is 25.9. The zero-order valence-electron chi connectivity index (χ0n) is 12.1. The van der Waals surface area contributed by atoms with Crippen LogP contribution in [0.1, 0.15) is 5.56 Å². The van der Waals surface area contributed by atoms with E-state index >= 15 is 0 Å². The standard InChI is InChI=1S/C15H12Br2ClN3O3/c16-10-4-9(18)5-11(17)15(10)19-7-14(24)21-20-6-8-1-2-12(22)13(23)3-8/h1-6,19,22-23H,7H2,(H,21,24)/b20-6-. The first-order chi connectivity index (χ1) is 11.4. The van der Waals surface area contributed by atoms with Crippen molar-refractivity contribution < 1.29 is 15.0 Å². The number of phenols is 2. The number of amides is 1. The van der Waals surface area contributed by atoms with Gasteiger partial charge in [0.25, 0.3) is 5.91 Å². The van der Waals surface area contributed by atoms with E-state index in [-0.39, 0.29) is 24.0 Å². The van der Waals surface area contributed by atoms with Gasteiger partial charge in [0.15, 0.2) is 11.5 Å². The van der Waals surface area contributed by atoms with E-state index in [1.807, 2.05) is 0 Å². The van der Waals surface area contributed by atoms with Gasteiger partial charge in [0.2, 0.25) is 0 Å². The van der Waals surface area contributed by atoms with E-state index in [4.69, 9.17) is 11.6 Å². The van der Waals surface area contributed by atoms with Gasteiger partial charge >= 0.3 is 0 Å². The Morgan fingerprint density at radius 2 is 1.83 bits per heavy atom. The predicted molar refractivity (Wildman–Crippen MR) is 101 cm³/mol. The van der Waals surface area contributed by atoms with Crippen molar-refractivity contribution in [3.05, 3.63) is 49.9 Å². The molecule has 2 aromatic rings. The molecule has 0 aliphatic heterocycles. The first-order valence-corrected chi connectivity index (χ1v) is 8.55. The Bertz CT molecular complexity index is 777. The van der Waals surface area contributed by atoms with Crippen LogP contribution in [0.2, 0.25) is 5.02 Å². The van der Waals surface area contributed by atoms with Crippen LogP contribution in [-0.4, -0.2) is 28.9 Å². The number of hydrogen-bond donors (Lipinski definition) is 4. The SMILES string of the molecule is O=C(CNc1c(Br)cc(Cl)cc1Br)N/N=C\c1ccc(O)c(O)c1. The summed E-state index contributed by atoms with van der Waals surface area (Å²) in [5.74, 6) is -0.841. The maximum atomic E-state index is 11.8. The lowest BCUT2D eigenvalue weighted by atomic mass is 10.2. The average molecular weight is 478 g/mol. The summed E-state index contributed by atoms with van der Waals surface area (Å²) < 4.78 is 1.44. The number of aromatic hydroxyl groups is 2. The number of benzene rings is 2. The fourth-order valence-electron chi connectivity index (χ4n) is 1.72. The number of halogens is 3. The van der Waals surface area contributed by atoms with E-state index in [1.54, 1.807) is 18.2 Å². The van der Waals surface area contributed by atoms with Crippen LogP contribution in [0, 0.1) is 0 Å². The largest absolute Gasteiger partial charge is 0.504 e. The maximum absolute atomic E-state index is 11.8. The highest BCUT2D eigenvalue weighted by molar-refractivity contribution is 9.11. The highest BCUT2D eigenvalue weighted by Crippen LogP contribution is 2.33. The Balaban J connectivity index is 1.90. The lowest BCUT2D eigenvalue weighted by Gasteiger charge is -2.10. The molecule has 1 amide bonds. The molecular weight excluding hydrogens is 465 g/mol. The molecule has 4 N–H and O–H groups in total. The van der Waals surface area contributed by atoms with Gasteiger partial charge in [-0.25, -0.2) is 5.43 Å². The summed E-state index contributed by atoms with van der Waals surface area (Å²) in [6, 6.07) is 7.62. The lowest BCUT2D eigenvalue weighted by molar-refractivity contribution is -0.119. The molecule has 0 unspecified atom stereocenters. The Kier molecular flexibility index (Phi) is 6.47. The van der Waals surface area contributed by atoms with Gasteiger partial charge in [-0.15, -0.1) is 0 Å². The third-order valence-corrected chi connectivity index (χ3v) is 4.30. The summed E-state index contributed by atoms with van der Waals surface area (Å²) in [6.07, 6.45) is 1.35. The number of nitrogens with zero attached hydrogens (tertiary/aromatic N) is 1. The van der Waals surface area contributed by atoms with E-state index in [1.165, 1.54) is 18.3 Å². The van der Waals surface area contributed by atoms with E-state index in [0.717, 1.165) is 8.95 Å². The second-order valence-corrected chi connectivity index (χ2v) is 6.78. The van der Waals surface area contributed by atoms with Crippen LogP contribution in [0.4, 0.5) is 5.69 Å². The second-order valence-electron chi connectivity index (χ2n) is 4.64. The fraction of sp³-hybridized carbons (Fsp3) is 0.0667. The van der Waals surface area contributed by atoms with Crippen molar-refractivity contribution in [3.63, 3.8) is 0 Å². The van der Waals surface area contributed by atoms with Gasteiger partial charge in [-0.1, -0.05) is 11.6 Å². The number of anilines is 1. The van der Waals surface area contributed by atoms with E-state index < -0.39 is 0 Å². The van der Waals surface area contributed by atoms with E-state index in [2.05, 4.69) is 47.7 Å². The molecule has 0 fully saturated rings. The van der Waals surface area contributed by atoms with Crippen LogP contribution < -0.4 is 10.7 Å². The third-order valence-electron chi connectivity index (χ3n) is 2.83. The molecule has 0 atom stereocenters. The molecule has 0 aliphatic rings. The number of hydrazone groups is 1. The van der Waals surface area contributed by atoms with Gasteiger partial charge in [-0.05, 0) is 67.8 Å². The Labute approximate surface area is 159 Å². The van der Waals surface area contributed by atoms with E-state index in [0.29, 0.717) is 16.3 Å². The molecule has 0 saturated carbocycles. The van der Waals surface area contributed by atoms with Crippen LogP contribution in [0.5, 0.6) is 11.5 Å². The number of nitrogens with one attached hydrogen (secondary N) is 2. The van der Waals surface area contributed by atoms with Crippen molar-refractivity contribution in [2.75, 3.05) is 11.9 Å². The van der Waals surface area contributed by atoms with Crippen LogP contribution in [0.3, 0.4) is 0 Å². The molecule has 0 aromatic heterocycles. The molecule has 0 aliphatic carbocycles. The van der Waals surface area contributed by atoms with Crippen molar-refractivity contribution in [3.8, 4) is 11.5 Å². The van der Waals surface area contributed by atoms with Gasteiger partial charge in [-0.2, -0.15) is 5.10 Å². The molecule has 2 aromatic carbocycles. The molecule has 9 heteroatoms. The zero-order chi connectivity index (χ0) is 17.7. The first-order valence-electron chi connectivity index (χ1n) is 6.59. The summed E-state index contributed by atoms with van der Waals surface area (Å²) in [4.78, 5) is 11.8. The molecule has 0 bridgehead atoms. The molecule has 0 spiro atoms.